The van der Waals surface area contributed by atoms with Crippen LogP contribution in [0.2, 0.25) is 0 Å². The number of hydrogen-bond donors (Lipinski definition) is 2. The van der Waals surface area contributed by atoms with Gasteiger partial charge in [0.05, 0.1) is 11.4 Å². The number of hydrogen-bond acceptors (Lipinski definition) is 4. The highest BCUT2D eigenvalue weighted by atomic mass is 32.2. The summed E-state index contributed by atoms with van der Waals surface area (Å²) in [4.78, 5) is 12.7. The summed E-state index contributed by atoms with van der Waals surface area (Å²) in [7, 11) is -3.33. The van der Waals surface area contributed by atoms with Gasteiger partial charge < -0.3 is 10.6 Å². The molecule has 2 aromatic rings. The Hall–Kier alpha value is -2.18. The molecule has 2 rings (SSSR count). The molecule has 5 nitrogen and oxygen atoms in total. The van der Waals surface area contributed by atoms with Gasteiger partial charge in [0, 0.05) is 18.0 Å². The van der Waals surface area contributed by atoms with Gasteiger partial charge in [-0.2, -0.15) is 0 Å². The highest BCUT2D eigenvalue weighted by molar-refractivity contribution is 7.90. The lowest BCUT2D eigenvalue weighted by Crippen LogP contribution is -2.33. The maximum Gasteiger partial charge on any atom is 0.238 e. The molecule has 0 aliphatic carbocycles. The molecule has 2 atom stereocenters. The zero-order valence-electron chi connectivity index (χ0n) is 18.8. The second-order valence-electron chi connectivity index (χ2n) is 8.38. The molecule has 0 aliphatic rings. The average Bonchev–Trinajstić information content (AvgIpc) is 2.68. The van der Waals surface area contributed by atoms with Crippen LogP contribution in [0.4, 0.5) is 5.69 Å². The smallest absolute Gasteiger partial charge is 0.238 e. The van der Waals surface area contributed by atoms with E-state index in [2.05, 4.69) is 62.6 Å². The average molecular weight is 431 g/mol. The molecule has 0 aliphatic heterocycles. The van der Waals surface area contributed by atoms with Crippen LogP contribution in [0.25, 0.3) is 0 Å². The van der Waals surface area contributed by atoms with Crippen LogP contribution in [0, 0.1) is 12.8 Å². The van der Waals surface area contributed by atoms with E-state index in [1.54, 1.807) is 12.1 Å². The first-order valence-corrected chi connectivity index (χ1v) is 12.4. The predicted octanol–water partition coefficient (Wildman–Crippen LogP) is 4.84. The molecule has 0 unspecified atom stereocenters. The molecule has 0 saturated heterocycles. The number of carbonyl (C=O) groups excluding carboxylic acids is 1. The molecule has 6 heteroatoms. The van der Waals surface area contributed by atoms with Gasteiger partial charge in [-0.1, -0.05) is 58.0 Å². The number of rotatable bonds is 9. The Bertz CT molecular complexity index is 966. The molecule has 164 valence electrons. The van der Waals surface area contributed by atoms with Crippen molar-refractivity contribution in [2.75, 3.05) is 18.1 Å². The van der Waals surface area contributed by atoms with Crippen LogP contribution in [-0.4, -0.2) is 27.1 Å². The second-order valence-corrected chi connectivity index (χ2v) is 10.4. The molecule has 2 N–H and O–H groups in total. The van der Waals surface area contributed by atoms with Crippen molar-refractivity contribution in [3.05, 3.63) is 59.2 Å². The Balaban J connectivity index is 2.07. The second kappa shape index (κ2) is 10.2. The summed E-state index contributed by atoms with van der Waals surface area (Å²) < 4.78 is 23.6. The lowest BCUT2D eigenvalue weighted by molar-refractivity contribution is -0.115. The summed E-state index contributed by atoms with van der Waals surface area (Å²) in [6.45, 7) is 10.6. The third-order valence-corrected chi connectivity index (χ3v) is 6.65. The van der Waals surface area contributed by atoms with E-state index < -0.39 is 9.84 Å². The summed E-state index contributed by atoms with van der Waals surface area (Å²) in [5, 5.41) is 6.19. The Morgan fingerprint density at radius 2 is 1.60 bits per heavy atom. The molecule has 0 aromatic heterocycles. The molecule has 0 spiro atoms. The Morgan fingerprint density at radius 1 is 1.00 bits per heavy atom. The molecule has 0 radical (unpaired) electrons. The molecular weight excluding hydrogens is 396 g/mol. The van der Waals surface area contributed by atoms with Crippen molar-refractivity contribution in [3.8, 4) is 0 Å². The number of aryl methyl sites for hydroxylation is 1. The molecular formula is C24H34N2O3S. The minimum atomic E-state index is -3.33. The molecule has 2 aromatic carbocycles. The normalized spacial score (nSPS) is 13.8. The highest BCUT2D eigenvalue weighted by Crippen LogP contribution is 2.25. The van der Waals surface area contributed by atoms with Crippen molar-refractivity contribution in [2.45, 2.75) is 57.9 Å². The predicted molar refractivity (Wildman–Crippen MR) is 124 cm³/mol. The van der Waals surface area contributed by atoms with E-state index in [9.17, 15) is 13.2 Å². The van der Waals surface area contributed by atoms with Crippen molar-refractivity contribution >= 4 is 21.4 Å². The van der Waals surface area contributed by atoms with E-state index in [1.807, 2.05) is 6.92 Å². The number of carbonyl (C=O) groups is 1. The van der Waals surface area contributed by atoms with Gasteiger partial charge in [-0.15, -0.1) is 0 Å². The van der Waals surface area contributed by atoms with Gasteiger partial charge in [0.2, 0.25) is 5.91 Å². The molecule has 0 fully saturated rings. The third kappa shape index (κ3) is 6.41. The quantitative estimate of drug-likeness (QED) is 0.597. The lowest BCUT2D eigenvalue weighted by atomic mass is 9.92. The number of amides is 1. The van der Waals surface area contributed by atoms with E-state index in [-0.39, 0.29) is 23.4 Å². The fourth-order valence-corrected chi connectivity index (χ4v) is 4.02. The maximum absolute atomic E-state index is 12.5. The molecule has 30 heavy (non-hydrogen) atoms. The SMILES string of the molecule is CC[C@@H](C)c1ccc([C@H](NCC(=O)Nc2cc(S(C)(=O)=O)ccc2C)C(C)C)cc1. The topological polar surface area (TPSA) is 75.3 Å². The van der Waals surface area contributed by atoms with Gasteiger partial charge in [-0.05, 0) is 54.0 Å². The largest absolute Gasteiger partial charge is 0.325 e. The van der Waals surface area contributed by atoms with Gasteiger partial charge in [-0.3, -0.25) is 4.79 Å². The van der Waals surface area contributed by atoms with E-state index in [0.29, 0.717) is 17.5 Å². The minimum absolute atomic E-state index is 0.0465. The first-order chi connectivity index (χ1) is 14.0. The van der Waals surface area contributed by atoms with Gasteiger partial charge in [0.1, 0.15) is 0 Å². The first-order valence-electron chi connectivity index (χ1n) is 10.5. The van der Waals surface area contributed by atoms with Crippen molar-refractivity contribution in [1.29, 1.82) is 0 Å². The summed E-state index contributed by atoms with van der Waals surface area (Å²) in [6.07, 6.45) is 2.26. The van der Waals surface area contributed by atoms with Crippen molar-refractivity contribution in [3.63, 3.8) is 0 Å². The monoisotopic (exact) mass is 430 g/mol. The van der Waals surface area contributed by atoms with Crippen LogP contribution < -0.4 is 10.6 Å². The summed E-state index contributed by atoms with van der Waals surface area (Å²) in [5.41, 5.74) is 3.81. The Labute approximate surface area is 181 Å². The van der Waals surface area contributed by atoms with E-state index in [4.69, 9.17) is 0 Å². The van der Waals surface area contributed by atoms with Gasteiger partial charge in [0.25, 0.3) is 0 Å². The van der Waals surface area contributed by atoms with Gasteiger partial charge in [0.15, 0.2) is 9.84 Å². The maximum atomic E-state index is 12.5. The van der Waals surface area contributed by atoms with Crippen molar-refractivity contribution in [1.82, 2.24) is 5.32 Å². The third-order valence-electron chi connectivity index (χ3n) is 5.54. The standard InChI is InChI=1S/C24H34N2O3S/c1-7-17(4)19-9-11-20(12-10-19)24(16(2)3)25-15-23(27)26-22-14-21(30(6,28)29)13-8-18(22)5/h8-14,16-17,24-25H,7,15H2,1-6H3,(H,26,27)/t17-,24-/m1/s1. The fourth-order valence-electron chi connectivity index (χ4n) is 3.37. The van der Waals surface area contributed by atoms with Crippen LogP contribution >= 0.6 is 0 Å². The fraction of sp³-hybridized carbons (Fsp3) is 0.458. The van der Waals surface area contributed by atoms with Crippen LogP contribution in [0.15, 0.2) is 47.4 Å². The highest BCUT2D eigenvalue weighted by Gasteiger charge is 2.18. The van der Waals surface area contributed by atoms with Crippen molar-refractivity contribution < 1.29 is 13.2 Å². The van der Waals surface area contributed by atoms with Gasteiger partial charge >= 0.3 is 0 Å². The Morgan fingerprint density at radius 3 is 2.13 bits per heavy atom. The van der Waals surface area contributed by atoms with Crippen LogP contribution in [-0.2, 0) is 14.6 Å². The number of benzene rings is 2. The number of sulfone groups is 1. The zero-order chi connectivity index (χ0) is 22.5. The van der Waals surface area contributed by atoms with Crippen LogP contribution in [0.3, 0.4) is 0 Å². The van der Waals surface area contributed by atoms with Crippen LogP contribution in [0.1, 0.15) is 62.8 Å². The van der Waals surface area contributed by atoms with E-state index >= 15 is 0 Å². The van der Waals surface area contributed by atoms with E-state index in [1.165, 1.54) is 11.6 Å². The summed E-state index contributed by atoms with van der Waals surface area (Å²) >= 11 is 0. The molecule has 1 amide bonds. The molecule has 0 saturated carbocycles. The summed E-state index contributed by atoms with van der Waals surface area (Å²) in [6, 6.07) is 13.4. The zero-order valence-corrected chi connectivity index (χ0v) is 19.6. The number of anilines is 1. The van der Waals surface area contributed by atoms with E-state index in [0.717, 1.165) is 23.8 Å². The Kier molecular flexibility index (Phi) is 8.21. The lowest BCUT2D eigenvalue weighted by Gasteiger charge is -2.23. The summed E-state index contributed by atoms with van der Waals surface area (Å²) in [5.74, 6) is 0.634. The molecule has 0 bridgehead atoms. The van der Waals surface area contributed by atoms with Gasteiger partial charge in [-0.25, -0.2) is 8.42 Å². The molecule has 0 heterocycles. The number of nitrogens with one attached hydrogen (secondary N) is 2. The van der Waals surface area contributed by atoms with Crippen LogP contribution in [0.5, 0.6) is 0 Å². The minimum Gasteiger partial charge on any atom is -0.325 e. The van der Waals surface area contributed by atoms with Crippen molar-refractivity contribution in [2.24, 2.45) is 5.92 Å². The first kappa shape index (κ1) is 24.1.